The third kappa shape index (κ3) is 9.68. The first kappa shape index (κ1) is 24.6. The highest BCUT2D eigenvalue weighted by molar-refractivity contribution is 9.10. The molecule has 5 heteroatoms. The van der Waals surface area contributed by atoms with E-state index in [1.165, 1.54) is 25.7 Å². The van der Waals surface area contributed by atoms with Crippen molar-refractivity contribution in [2.24, 2.45) is 0 Å². The van der Waals surface area contributed by atoms with E-state index in [1.807, 2.05) is 24.3 Å². The van der Waals surface area contributed by atoms with Crippen LogP contribution in [-0.2, 0) is 0 Å². The number of halogens is 3. The van der Waals surface area contributed by atoms with Gasteiger partial charge in [0.25, 0.3) is 5.24 Å². The largest absolute Gasteiger partial charge is 0.279 e. The Morgan fingerprint density at radius 1 is 0.857 bits per heavy atom. The molecule has 2 nitrogen and oxygen atoms in total. The summed E-state index contributed by atoms with van der Waals surface area (Å²) in [7, 11) is 0. The number of benzene rings is 2. The van der Waals surface area contributed by atoms with E-state index in [0.29, 0.717) is 11.1 Å². The molecule has 2 rings (SSSR count). The molecule has 0 heterocycles. The Bertz CT molecular complexity index is 838. The second-order valence-corrected chi connectivity index (χ2v) is 8.08. The van der Waals surface area contributed by atoms with Crippen LogP contribution in [-0.4, -0.2) is 11.0 Å². The molecule has 0 aromatic heterocycles. The van der Waals surface area contributed by atoms with Gasteiger partial charge in [-0.1, -0.05) is 94.7 Å². The van der Waals surface area contributed by atoms with E-state index in [2.05, 4.69) is 50.6 Å². The van der Waals surface area contributed by atoms with E-state index in [0.717, 1.165) is 21.8 Å². The average Bonchev–Trinajstić information content (AvgIpc) is 2.68. The van der Waals surface area contributed by atoms with Crippen molar-refractivity contribution in [2.75, 3.05) is 0 Å². The number of carbonyl (C=O) groups excluding carboxylic acids is 2. The maximum atomic E-state index is 11.8. The quantitative estimate of drug-likeness (QED) is 0.121. The van der Waals surface area contributed by atoms with Gasteiger partial charge in [0.15, 0.2) is 0 Å². The molecule has 0 unspecified atom stereocenters. The van der Waals surface area contributed by atoms with Gasteiger partial charge in [-0.05, 0) is 48.2 Å². The third-order valence-electron chi connectivity index (χ3n) is 3.81. The first-order valence-electron chi connectivity index (χ1n) is 9.19. The molecular weight excluding hydrogens is 504 g/mol. The van der Waals surface area contributed by atoms with Crippen molar-refractivity contribution >= 4 is 54.5 Å². The molecule has 28 heavy (non-hydrogen) atoms. The summed E-state index contributed by atoms with van der Waals surface area (Å²) in [5, 5.41) is -0.438. The van der Waals surface area contributed by atoms with Crippen LogP contribution in [0.1, 0.15) is 66.2 Å². The van der Waals surface area contributed by atoms with Gasteiger partial charge in [-0.15, -0.1) is 0 Å². The maximum Gasteiger partial charge on any atom is 0.253 e. The smallest absolute Gasteiger partial charge is 0.253 e. The molecule has 2 aromatic rings. The standard InChI is InChI=1S/C16H19BrO.C7H4BrClO/c1-2-3-4-5-6-7-8-13-16(18)14-11-9-10-12-15(14)17;8-6-4-2-1-3-5(6)7(9)10/h9-12H,2-7H2,1H3;1-4H. The fraction of sp³-hybridized carbons (Fsp3) is 0.304. The Hall–Kier alpha value is -1.41. The number of ketones is 1. The second kappa shape index (κ2) is 14.6. The van der Waals surface area contributed by atoms with Crippen LogP contribution in [0.4, 0.5) is 0 Å². The van der Waals surface area contributed by atoms with Gasteiger partial charge in [0.2, 0.25) is 5.78 Å². The zero-order valence-electron chi connectivity index (χ0n) is 15.8. The first-order chi connectivity index (χ1) is 13.5. The molecule has 0 N–H and O–H groups in total. The van der Waals surface area contributed by atoms with Gasteiger partial charge in [-0.25, -0.2) is 0 Å². The normalized spacial score (nSPS) is 9.57. The molecule has 0 saturated carbocycles. The third-order valence-corrected chi connectivity index (χ3v) is 5.40. The van der Waals surface area contributed by atoms with Crippen LogP contribution < -0.4 is 0 Å². The average molecular weight is 527 g/mol. The van der Waals surface area contributed by atoms with E-state index in [1.54, 1.807) is 24.3 Å². The van der Waals surface area contributed by atoms with E-state index in [-0.39, 0.29) is 5.78 Å². The van der Waals surface area contributed by atoms with E-state index in [9.17, 15) is 9.59 Å². The highest BCUT2D eigenvalue weighted by Gasteiger charge is 2.05. The fourth-order valence-electron chi connectivity index (χ4n) is 2.29. The van der Waals surface area contributed by atoms with Crippen LogP contribution in [0.5, 0.6) is 0 Å². The number of Topliss-reactive ketones (excluding diaryl/α,β-unsaturated/α-hetero) is 1. The Labute approximate surface area is 189 Å². The number of hydrogen-bond donors (Lipinski definition) is 0. The minimum atomic E-state index is -0.438. The molecule has 0 spiro atoms. The summed E-state index contributed by atoms with van der Waals surface area (Å²) in [6, 6.07) is 14.4. The van der Waals surface area contributed by atoms with Crippen molar-refractivity contribution in [3.8, 4) is 11.8 Å². The molecule has 0 aliphatic heterocycles. The van der Waals surface area contributed by atoms with E-state index < -0.39 is 5.24 Å². The summed E-state index contributed by atoms with van der Waals surface area (Å²) in [4.78, 5) is 22.4. The summed E-state index contributed by atoms with van der Waals surface area (Å²) in [6.07, 6.45) is 6.95. The molecular formula is C23H23Br2ClO2. The monoisotopic (exact) mass is 524 g/mol. The van der Waals surface area contributed by atoms with Gasteiger partial charge in [0.1, 0.15) is 0 Å². The summed E-state index contributed by atoms with van der Waals surface area (Å²) < 4.78 is 1.54. The summed E-state index contributed by atoms with van der Waals surface area (Å²) in [5.41, 5.74) is 1.15. The predicted octanol–water partition coefficient (Wildman–Crippen LogP) is 7.82. The lowest BCUT2D eigenvalue weighted by atomic mass is 10.1. The molecule has 2 aromatic carbocycles. The Morgan fingerprint density at radius 2 is 1.39 bits per heavy atom. The van der Waals surface area contributed by atoms with Crippen molar-refractivity contribution in [1.82, 2.24) is 0 Å². The molecule has 0 bridgehead atoms. The van der Waals surface area contributed by atoms with Crippen molar-refractivity contribution in [1.29, 1.82) is 0 Å². The number of unbranched alkanes of at least 4 members (excludes halogenated alkanes) is 5. The number of carbonyl (C=O) groups is 2. The molecule has 0 amide bonds. The molecule has 0 saturated heterocycles. The van der Waals surface area contributed by atoms with Crippen LogP contribution in [0.25, 0.3) is 0 Å². The van der Waals surface area contributed by atoms with Crippen LogP contribution in [0.15, 0.2) is 57.5 Å². The van der Waals surface area contributed by atoms with Gasteiger partial charge >= 0.3 is 0 Å². The van der Waals surface area contributed by atoms with Crippen LogP contribution in [0.2, 0.25) is 0 Å². The van der Waals surface area contributed by atoms with Crippen molar-refractivity contribution in [3.63, 3.8) is 0 Å². The zero-order valence-corrected chi connectivity index (χ0v) is 19.7. The first-order valence-corrected chi connectivity index (χ1v) is 11.2. The summed E-state index contributed by atoms with van der Waals surface area (Å²) >= 11 is 11.8. The summed E-state index contributed by atoms with van der Waals surface area (Å²) in [5.74, 6) is 5.58. The SMILES string of the molecule is CCCCCCCC#CC(=O)c1ccccc1Br.O=C(Cl)c1ccccc1Br. The van der Waals surface area contributed by atoms with Gasteiger partial charge in [0, 0.05) is 26.5 Å². The van der Waals surface area contributed by atoms with Crippen molar-refractivity contribution in [2.45, 2.75) is 45.4 Å². The minimum Gasteiger partial charge on any atom is -0.279 e. The lowest BCUT2D eigenvalue weighted by Gasteiger charge is -1.97. The van der Waals surface area contributed by atoms with E-state index in [4.69, 9.17) is 11.6 Å². The molecule has 0 atom stereocenters. The number of hydrogen-bond acceptors (Lipinski definition) is 2. The van der Waals surface area contributed by atoms with Gasteiger partial charge in [-0.3, -0.25) is 9.59 Å². The van der Waals surface area contributed by atoms with Crippen LogP contribution >= 0.6 is 43.5 Å². The highest BCUT2D eigenvalue weighted by atomic mass is 79.9. The number of rotatable bonds is 7. The van der Waals surface area contributed by atoms with Gasteiger partial charge < -0.3 is 0 Å². The highest BCUT2D eigenvalue weighted by Crippen LogP contribution is 2.17. The van der Waals surface area contributed by atoms with Crippen LogP contribution in [0.3, 0.4) is 0 Å². The molecule has 0 fully saturated rings. The molecule has 0 aliphatic rings. The maximum absolute atomic E-state index is 11.8. The van der Waals surface area contributed by atoms with Crippen molar-refractivity contribution < 1.29 is 9.59 Å². The molecule has 0 radical (unpaired) electrons. The fourth-order valence-corrected chi connectivity index (χ4v) is 3.50. The topological polar surface area (TPSA) is 34.1 Å². The second-order valence-electron chi connectivity index (χ2n) is 6.03. The Morgan fingerprint density at radius 3 is 1.89 bits per heavy atom. The van der Waals surface area contributed by atoms with Gasteiger partial charge in [0.05, 0.1) is 0 Å². The predicted molar refractivity (Wildman–Crippen MR) is 124 cm³/mol. The Balaban J connectivity index is 0.000000330. The summed E-state index contributed by atoms with van der Waals surface area (Å²) in [6.45, 7) is 2.20. The zero-order chi connectivity index (χ0) is 20.8. The molecule has 148 valence electrons. The van der Waals surface area contributed by atoms with E-state index >= 15 is 0 Å². The Kier molecular flexibility index (Phi) is 12.8. The lowest BCUT2D eigenvalue weighted by Crippen LogP contribution is -1.95. The molecule has 0 aliphatic carbocycles. The van der Waals surface area contributed by atoms with Gasteiger partial charge in [-0.2, -0.15) is 0 Å². The van der Waals surface area contributed by atoms with Crippen LogP contribution in [0, 0.1) is 11.8 Å². The lowest BCUT2D eigenvalue weighted by molar-refractivity contribution is 0.105. The van der Waals surface area contributed by atoms with Crippen molar-refractivity contribution in [3.05, 3.63) is 68.6 Å². The minimum absolute atomic E-state index is 0.101.